The van der Waals surface area contributed by atoms with Gasteiger partial charge in [-0.25, -0.2) is 4.79 Å². The summed E-state index contributed by atoms with van der Waals surface area (Å²) in [6.45, 7) is 4.68. The molecule has 1 heterocycles. The quantitative estimate of drug-likeness (QED) is 0.796. The topological polar surface area (TPSA) is 50.4 Å². The van der Waals surface area contributed by atoms with Crippen molar-refractivity contribution in [2.75, 3.05) is 13.7 Å². The van der Waals surface area contributed by atoms with Crippen molar-refractivity contribution >= 4 is 6.03 Å². The van der Waals surface area contributed by atoms with Gasteiger partial charge < -0.3 is 15.4 Å². The number of carbonyl (C=O) groups excluding carboxylic acids is 1. The maximum atomic E-state index is 11.1. The summed E-state index contributed by atoms with van der Waals surface area (Å²) in [5, 5.41) is 5.63. The van der Waals surface area contributed by atoms with Crippen molar-refractivity contribution in [2.45, 2.75) is 19.9 Å². The van der Waals surface area contributed by atoms with Gasteiger partial charge in [0, 0.05) is 12.1 Å². The van der Waals surface area contributed by atoms with Crippen LogP contribution in [0.3, 0.4) is 0 Å². The van der Waals surface area contributed by atoms with Crippen molar-refractivity contribution in [1.82, 2.24) is 10.6 Å². The van der Waals surface area contributed by atoms with Gasteiger partial charge in [-0.15, -0.1) is 0 Å². The number of hydrogen-bond donors (Lipinski definition) is 2. The van der Waals surface area contributed by atoms with Crippen LogP contribution in [0.2, 0.25) is 0 Å². The summed E-state index contributed by atoms with van der Waals surface area (Å²) in [5.74, 6) is 0.839. The Morgan fingerprint density at radius 2 is 2.12 bits per heavy atom. The third-order valence-corrected chi connectivity index (χ3v) is 2.83. The van der Waals surface area contributed by atoms with Crippen LogP contribution in [0.25, 0.3) is 0 Å². The summed E-state index contributed by atoms with van der Waals surface area (Å²) in [7, 11) is 1.65. The maximum Gasteiger partial charge on any atom is 0.315 e. The van der Waals surface area contributed by atoms with Gasteiger partial charge in [-0.2, -0.15) is 0 Å². The second-order valence-corrected chi connectivity index (χ2v) is 4.10. The zero-order valence-electron chi connectivity index (χ0n) is 9.76. The van der Waals surface area contributed by atoms with E-state index in [1.165, 1.54) is 0 Å². The van der Waals surface area contributed by atoms with Gasteiger partial charge in [0.2, 0.25) is 0 Å². The minimum absolute atomic E-state index is 0.00282. The summed E-state index contributed by atoms with van der Waals surface area (Å²) < 4.78 is 5.38. The number of hydrogen-bond acceptors (Lipinski definition) is 2. The molecule has 0 saturated carbocycles. The molecule has 1 unspecified atom stereocenters. The Morgan fingerprint density at radius 3 is 2.69 bits per heavy atom. The van der Waals surface area contributed by atoms with Gasteiger partial charge in [0.1, 0.15) is 5.75 Å². The Balaban J connectivity index is 2.42. The number of benzene rings is 1. The lowest BCUT2D eigenvalue weighted by atomic mass is 9.98. The highest BCUT2D eigenvalue weighted by Crippen LogP contribution is 2.30. The van der Waals surface area contributed by atoms with Gasteiger partial charge in [-0.1, -0.05) is 6.07 Å². The molecular formula is C12H16N2O2. The third-order valence-electron chi connectivity index (χ3n) is 2.83. The molecule has 0 spiro atoms. The van der Waals surface area contributed by atoms with Crippen LogP contribution in [0.5, 0.6) is 5.75 Å². The van der Waals surface area contributed by atoms with Crippen LogP contribution < -0.4 is 15.4 Å². The first kappa shape index (κ1) is 10.8. The molecule has 1 aliphatic rings. The minimum atomic E-state index is -0.118. The lowest BCUT2D eigenvalue weighted by molar-refractivity contribution is 0.247. The SMILES string of the molecule is COc1cc(C)cc(C)c1C1CNC(=O)N1. The first-order valence-corrected chi connectivity index (χ1v) is 5.31. The molecule has 1 aliphatic heterocycles. The number of nitrogens with one attached hydrogen (secondary N) is 2. The van der Waals surface area contributed by atoms with Gasteiger partial charge in [-0.3, -0.25) is 0 Å². The molecule has 86 valence electrons. The van der Waals surface area contributed by atoms with Crippen LogP contribution in [-0.4, -0.2) is 19.7 Å². The van der Waals surface area contributed by atoms with Gasteiger partial charge >= 0.3 is 6.03 Å². The summed E-state index contributed by atoms with van der Waals surface area (Å²) >= 11 is 0. The highest BCUT2D eigenvalue weighted by molar-refractivity contribution is 5.77. The van der Waals surface area contributed by atoms with Crippen molar-refractivity contribution in [3.05, 3.63) is 28.8 Å². The summed E-state index contributed by atoms with van der Waals surface area (Å²) in [6.07, 6.45) is 0. The molecule has 1 aromatic rings. The first-order valence-electron chi connectivity index (χ1n) is 5.31. The fourth-order valence-electron chi connectivity index (χ4n) is 2.18. The van der Waals surface area contributed by atoms with Crippen molar-refractivity contribution in [1.29, 1.82) is 0 Å². The number of methoxy groups -OCH3 is 1. The number of rotatable bonds is 2. The predicted molar refractivity (Wildman–Crippen MR) is 61.7 cm³/mol. The van der Waals surface area contributed by atoms with E-state index in [1.54, 1.807) is 7.11 Å². The average molecular weight is 220 g/mol. The Kier molecular flexibility index (Phi) is 2.73. The molecule has 2 N–H and O–H groups in total. The Morgan fingerprint density at radius 1 is 1.38 bits per heavy atom. The number of ether oxygens (including phenoxy) is 1. The van der Waals surface area contributed by atoms with Gasteiger partial charge in [-0.05, 0) is 31.0 Å². The lowest BCUT2D eigenvalue weighted by Crippen LogP contribution is -2.22. The fourth-order valence-corrected chi connectivity index (χ4v) is 2.18. The van der Waals surface area contributed by atoms with E-state index in [9.17, 15) is 4.79 Å². The summed E-state index contributed by atoms with van der Waals surface area (Å²) in [6, 6.07) is 3.98. The van der Waals surface area contributed by atoms with Crippen molar-refractivity contribution in [3.63, 3.8) is 0 Å². The Hall–Kier alpha value is -1.71. The van der Waals surface area contributed by atoms with Gasteiger partial charge in [0.25, 0.3) is 0 Å². The van der Waals surface area contributed by atoms with E-state index >= 15 is 0 Å². The van der Waals surface area contributed by atoms with Crippen molar-refractivity contribution < 1.29 is 9.53 Å². The molecule has 4 nitrogen and oxygen atoms in total. The molecule has 1 aromatic carbocycles. The summed E-state index contributed by atoms with van der Waals surface area (Å²) in [4.78, 5) is 11.1. The molecule has 4 heteroatoms. The van der Waals surface area contributed by atoms with E-state index in [0.29, 0.717) is 6.54 Å². The molecule has 0 radical (unpaired) electrons. The van der Waals surface area contributed by atoms with E-state index in [1.807, 2.05) is 19.9 Å². The van der Waals surface area contributed by atoms with Crippen LogP contribution in [0.1, 0.15) is 22.7 Å². The van der Waals surface area contributed by atoms with Crippen LogP contribution in [-0.2, 0) is 0 Å². The van der Waals surface area contributed by atoms with E-state index < -0.39 is 0 Å². The normalized spacial score (nSPS) is 19.2. The zero-order valence-corrected chi connectivity index (χ0v) is 9.76. The highest BCUT2D eigenvalue weighted by atomic mass is 16.5. The second kappa shape index (κ2) is 4.04. The molecule has 2 amide bonds. The minimum Gasteiger partial charge on any atom is -0.496 e. The molecule has 16 heavy (non-hydrogen) atoms. The van der Waals surface area contributed by atoms with Crippen LogP contribution in [0.15, 0.2) is 12.1 Å². The average Bonchev–Trinajstić information content (AvgIpc) is 2.63. The van der Waals surface area contributed by atoms with E-state index in [-0.39, 0.29) is 12.1 Å². The molecule has 1 atom stereocenters. The monoisotopic (exact) mass is 220 g/mol. The van der Waals surface area contributed by atoms with E-state index in [0.717, 1.165) is 22.4 Å². The number of urea groups is 1. The lowest BCUT2D eigenvalue weighted by Gasteiger charge is -2.17. The molecule has 2 rings (SSSR count). The smallest absolute Gasteiger partial charge is 0.315 e. The predicted octanol–water partition coefficient (Wildman–Crippen LogP) is 1.67. The molecule has 0 bridgehead atoms. The zero-order chi connectivity index (χ0) is 11.7. The number of amides is 2. The molecular weight excluding hydrogens is 204 g/mol. The summed E-state index contributed by atoms with van der Waals surface area (Å²) in [5.41, 5.74) is 3.37. The van der Waals surface area contributed by atoms with Gasteiger partial charge in [0.05, 0.1) is 13.2 Å². The highest BCUT2D eigenvalue weighted by Gasteiger charge is 2.25. The van der Waals surface area contributed by atoms with Crippen molar-refractivity contribution in [2.24, 2.45) is 0 Å². The number of carbonyl (C=O) groups is 1. The van der Waals surface area contributed by atoms with Crippen LogP contribution in [0, 0.1) is 13.8 Å². The molecule has 0 aliphatic carbocycles. The molecule has 0 aromatic heterocycles. The third kappa shape index (κ3) is 1.83. The number of aryl methyl sites for hydroxylation is 2. The fraction of sp³-hybridized carbons (Fsp3) is 0.417. The maximum absolute atomic E-state index is 11.1. The Labute approximate surface area is 95.0 Å². The van der Waals surface area contributed by atoms with Gasteiger partial charge in [0.15, 0.2) is 0 Å². The van der Waals surface area contributed by atoms with E-state index in [4.69, 9.17) is 4.74 Å². The van der Waals surface area contributed by atoms with Crippen molar-refractivity contribution in [3.8, 4) is 5.75 Å². The van der Waals surface area contributed by atoms with Crippen LogP contribution in [0.4, 0.5) is 4.79 Å². The molecule has 1 fully saturated rings. The molecule has 1 saturated heterocycles. The first-order chi connectivity index (χ1) is 7.61. The second-order valence-electron chi connectivity index (χ2n) is 4.10. The van der Waals surface area contributed by atoms with E-state index in [2.05, 4.69) is 16.7 Å². The Bertz CT molecular complexity index is 429. The standard InChI is InChI=1S/C12H16N2O2/c1-7-4-8(2)11(10(5-7)16-3)9-6-13-12(15)14-9/h4-5,9H,6H2,1-3H3,(H2,13,14,15). The van der Waals surface area contributed by atoms with Crippen LogP contribution >= 0.6 is 0 Å². The largest absolute Gasteiger partial charge is 0.496 e.